The lowest BCUT2D eigenvalue weighted by molar-refractivity contribution is -0.116. The summed E-state index contributed by atoms with van der Waals surface area (Å²) in [5.41, 5.74) is 6.13. The van der Waals surface area contributed by atoms with Crippen LogP contribution in [0.1, 0.15) is 41.5 Å². The highest BCUT2D eigenvalue weighted by Gasteiger charge is 2.36. The first-order valence-electron chi connectivity index (χ1n) is 10.3. The van der Waals surface area contributed by atoms with E-state index < -0.39 is 6.04 Å². The third-order valence-electron chi connectivity index (χ3n) is 6.07. The van der Waals surface area contributed by atoms with Crippen LogP contribution in [0.3, 0.4) is 0 Å². The van der Waals surface area contributed by atoms with Gasteiger partial charge in [-0.1, -0.05) is 60.2 Å². The number of benzene rings is 3. The predicted octanol–water partition coefficient (Wildman–Crippen LogP) is 6.11. The van der Waals surface area contributed by atoms with Crippen molar-refractivity contribution in [1.29, 1.82) is 0 Å². The Labute approximate surface area is 175 Å². The molecule has 30 heavy (non-hydrogen) atoms. The number of fused-ring (bicyclic) bond motifs is 1. The zero-order valence-corrected chi connectivity index (χ0v) is 16.8. The maximum atomic E-state index is 14.8. The number of aryl methyl sites for hydroxylation is 1. The first kappa shape index (κ1) is 18.6. The summed E-state index contributed by atoms with van der Waals surface area (Å²) < 4.78 is 14.8. The van der Waals surface area contributed by atoms with Crippen LogP contribution in [0.15, 0.2) is 84.1 Å². The SMILES string of the molecule is Cc1ccc([C@H]2CC(=O)C3=C(C2)Nc2ccccc2N[C@H]3c2ccccc2F)cc1. The Morgan fingerprint density at radius 1 is 0.867 bits per heavy atom. The fourth-order valence-electron chi connectivity index (χ4n) is 4.51. The molecule has 0 saturated heterocycles. The van der Waals surface area contributed by atoms with E-state index in [4.69, 9.17) is 0 Å². The van der Waals surface area contributed by atoms with Gasteiger partial charge in [0.05, 0.1) is 17.4 Å². The molecule has 5 rings (SSSR count). The number of anilines is 2. The number of para-hydroxylation sites is 2. The molecule has 2 N–H and O–H groups in total. The van der Waals surface area contributed by atoms with Crippen LogP contribution >= 0.6 is 0 Å². The molecule has 0 amide bonds. The minimum absolute atomic E-state index is 0.0582. The Balaban J connectivity index is 1.62. The molecule has 1 aliphatic heterocycles. The van der Waals surface area contributed by atoms with Gasteiger partial charge in [-0.3, -0.25) is 4.79 Å². The second kappa shape index (κ2) is 7.45. The lowest BCUT2D eigenvalue weighted by Crippen LogP contribution is -2.27. The van der Waals surface area contributed by atoms with Crippen molar-refractivity contribution < 1.29 is 9.18 Å². The Morgan fingerprint density at radius 3 is 2.33 bits per heavy atom. The highest BCUT2D eigenvalue weighted by atomic mass is 19.1. The number of Topliss-reactive ketones (excluding diaryl/α,β-unsaturated/α-hetero) is 1. The fourth-order valence-corrected chi connectivity index (χ4v) is 4.51. The van der Waals surface area contributed by atoms with Gasteiger partial charge in [-0.05, 0) is 43.0 Å². The molecule has 1 aliphatic carbocycles. The van der Waals surface area contributed by atoms with Gasteiger partial charge in [0.25, 0.3) is 0 Å². The monoisotopic (exact) mass is 398 g/mol. The van der Waals surface area contributed by atoms with E-state index in [1.165, 1.54) is 11.6 Å². The normalized spacial score (nSPS) is 20.5. The predicted molar refractivity (Wildman–Crippen MR) is 118 cm³/mol. The minimum Gasteiger partial charge on any atom is -0.372 e. The molecular weight excluding hydrogens is 375 g/mol. The summed E-state index contributed by atoms with van der Waals surface area (Å²) in [5.74, 6) is -0.145. The lowest BCUT2D eigenvalue weighted by atomic mass is 9.78. The van der Waals surface area contributed by atoms with E-state index in [2.05, 4.69) is 41.8 Å². The molecule has 0 saturated carbocycles. The van der Waals surface area contributed by atoms with E-state index in [1.807, 2.05) is 30.3 Å². The van der Waals surface area contributed by atoms with Crippen molar-refractivity contribution >= 4 is 17.2 Å². The third kappa shape index (κ3) is 3.28. The van der Waals surface area contributed by atoms with Crippen LogP contribution in [-0.4, -0.2) is 5.78 Å². The number of carbonyl (C=O) groups is 1. The van der Waals surface area contributed by atoms with Gasteiger partial charge in [0.15, 0.2) is 5.78 Å². The van der Waals surface area contributed by atoms with E-state index in [-0.39, 0.29) is 17.5 Å². The maximum Gasteiger partial charge on any atom is 0.163 e. The highest BCUT2D eigenvalue weighted by molar-refractivity contribution is 6.01. The molecule has 3 aromatic rings. The number of hydrogen-bond donors (Lipinski definition) is 2. The zero-order valence-electron chi connectivity index (χ0n) is 16.8. The highest BCUT2D eigenvalue weighted by Crippen LogP contribution is 2.44. The van der Waals surface area contributed by atoms with E-state index in [9.17, 15) is 9.18 Å². The van der Waals surface area contributed by atoms with Crippen LogP contribution < -0.4 is 10.6 Å². The maximum absolute atomic E-state index is 14.8. The fraction of sp³-hybridized carbons (Fsp3) is 0.192. The summed E-state index contributed by atoms with van der Waals surface area (Å²) in [6.07, 6.45) is 1.14. The molecule has 0 aromatic heterocycles. The number of nitrogens with one attached hydrogen (secondary N) is 2. The summed E-state index contributed by atoms with van der Waals surface area (Å²) in [7, 11) is 0. The summed E-state index contributed by atoms with van der Waals surface area (Å²) in [4.78, 5) is 13.4. The topological polar surface area (TPSA) is 41.1 Å². The smallest absolute Gasteiger partial charge is 0.163 e. The average Bonchev–Trinajstić information content (AvgIpc) is 2.91. The zero-order chi connectivity index (χ0) is 20.7. The van der Waals surface area contributed by atoms with E-state index in [1.54, 1.807) is 12.1 Å². The van der Waals surface area contributed by atoms with Gasteiger partial charge in [-0.25, -0.2) is 4.39 Å². The summed E-state index contributed by atoms with van der Waals surface area (Å²) >= 11 is 0. The Bertz CT molecular complexity index is 1150. The Kier molecular flexibility index (Phi) is 4.62. The average molecular weight is 398 g/mol. The van der Waals surface area contributed by atoms with Crippen molar-refractivity contribution in [2.45, 2.75) is 31.7 Å². The molecule has 3 nitrogen and oxygen atoms in total. The quantitative estimate of drug-likeness (QED) is 0.547. The molecule has 4 heteroatoms. The van der Waals surface area contributed by atoms with E-state index in [0.717, 1.165) is 22.6 Å². The molecule has 150 valence electrons. The molecule has 0 bridgehead atoms. The molecule has 0 radical (unpaired) electrons. The van der Waals surface area contributed by atoms with E-state index >= 15 is 0 Å². The van der Waals surface area contributed by atoms with Gasteiger partial charge in [-0.15, -0.1) is 0 Å². The summed E-state index contributed by atoms with van der Waals surface area (Å²) in [6, 6.07) is 22.4. The number of hydrogen-bond acceptors (Lipinski definition) is 3. The van der Waals surface area contributed by atoms with Crippen molar-refractivity contribution in [2.24, 2.45) is 0 Å². The van der Waals surface area contributed by atoms with E-state index in [0.29, 0.717) is 24.0 Å². The second-order valence-corrected chi connectivity index (χ2v) is 8.10. The van der Waals surface area contributed by atoms with Crippen molar-refractivity contribution in [3.8, 4) is 0 Å². The van der Waals surface area contributed by atoms with Crippen molar-refractivity contribution in [2.75, 3.05) is 10.6 Å². The van der Waals surface area contributed by atoms with Crippen LogP contribution in [0.25, 0.3) is 0 Å². The van der Waals surface area contributed by atoms with Crippen LogP contribution in [0.5, 0.6) is 0 Å². The minimum atomic E-state index is -0.524. The van der Waals surface area contributed by atoms with Gasteiger partial charge >= 0.3 is 0 Å². The molecule has 0 fully saturated rings. The number of allylic oxidation sites excluding steroid dienone is 1. The molecule has 3 aromatic carbocycles. The van der Waals surface area contributed by atoms with Crippen LogP contribution in [-0.2, 0) is 4.79 Å². The van der Waals surface area contributed by atoms with Crippen molar-refractivity contribution in [1.82, 2.24) is 0 Å². The number of rotatable bonds is 2. The Morgan fingerprint density at radius 2 is 1.57 bits per heavy atom. The van der Waals surface area contributed by atoms with Crippen molar-refractivity contribution in [3.05, 3.63) is 107 Å². The number of carbonyl (C=O) groups excluding carboxylic acids is 1. The molecular formula is C26H23FN2O. The van der Waals surface area contributed by atoms with Gasteiger partial charge in [0.1, 0.15) is 5.82 Å². The van der Waals surface area contributed by atoms with Gasteiger partial charge in [0, 0.05) is 23.3 Å². The largest absolute Gasteiger partial charge is 0.372 e. The molecule has 2 aliphatic rings. The second-order valence-electron chi connectivity index (χ2n) is 8.10. The standard InChI is InChI=1S/C26H23FN2O/c1-16-10-12-17(13-11-16)18-14-23-25(24(30)15-18)26(19-6-2-3-7-20(19)27)29-22-9-5-4-8-21(22)28-23/h2-13,18,26,28-29H,14-15H2,1H3/t18-,26+/m1/s1. The molecule has 1 heterocycles. The molecule has 2 atom stereocenters. The van der Waals surface area contributed by atoms with Gasteiger partial charge in [-0.2, -0.15) is 0 Å². The molecule has 0 spiro atoms. The van der Waals surface area contributed by atoms with Gasteiger partial charge < -0.3 is 10.6 Å². The van der Waals surface area contributed by atoms with Crippen LogP contribution in [0.2, 0.25) is 0 Å². The van der Waals surface area contributed by atoms with Gasteiger partial charge in [0.2, 0.25) is 0 Å². The molecule has 0 unspecified atom stereocenters. The third-order valence-corrected chi connectivity index (χ3v) is 6.07. The number of halogens is 1. The number of ketones is 1. The van der Waals surface area contributed by atoms with Crippen LogP contribution in [0.4, 0.5) is 15.8 Å². The Hall–Kier alpha value is -3.40. The summed E-state index contributed by atoms with van der Waals surface area (Å²) in [5, 5.41) is 6.92. The van der Waals surface area contributed by atoms with Crippen LogP contribution in [0, 0.1) is 12.7 Å². The first-order valence-corrected chi connectivity index (χ1v) is 10.3. The van der Waals surface area contributed by atoms with Crippen molar-refractivity contribution in [3.63, 3.8) is 0 Å². The first-order chi connectivity index (χ1) is 14.6. The summed E-state index contributed by atoms with van der Waals surface area (Å²) in [6.45, 7) is 2.06. The lowest BCUT2D eigenvalue weighted by Gasteiger charge is -2.30.